The molecule has 1 aliphatic rings. The second kappa shape index (κ2) is 15.5. The number of anilines is 1. The summed E-state index contributed by atoms with van der Waals surface area (Å²) in [7, 11) is -13.6. The molecule has 1 aliphatic carbocycles. The first-order valence-electron chi connectivity index (χ1n) is 16.1. The van der Waals surface area contributed by atoms with Crippen molar-refractivity contribution in [1.29, 1.82) is 0 Å². The molecule has 272 valence electrons. The van der Waals surface area contributed by atoms with Crippen LogP contribution in [0.1, 0.15) is 36.1 Å². The monoisotopic (exact) mass is 765 g/mol. The van der Waals surface area contributed by atoms with Crippen molar-refractivity contribution >= 4 is 53.1 Å². The fourth-order valence-corrected chi connectivity index (χ4v) is 7.83. The molecule has 12 nitrogen and oxygen atoms in total. The van der Waals surface area contributed by atoms with E-state index in [0.29, 0.717) is 54.0 Å². The molecule has 0 bridgehead atoms. The molecule has 0 radical (unpaired) electrons. The molecule has 0 spiro atoms. The van der Waals surface area contributed by atoms with E-state index in [9.17, 15) is 43.7 Å². The van der Waals surface area contributed by atoms with Gasteiger partial charge in [-0.05, 0) is 109 Å². The number of nitrogens with zero attached hydrogens (tertiary/aromatic N) is 1. The highest BCUT2D eigenvalue weighted by Gasteiger charge is 2.26. The molecule has 1 atom stereocenters. The molecule has 52 heavy (non-hydrogen) atoms. The molecule has 4 aromatic rings. The predicted octanol–water partition coefficient (Wildman–Crippen LogP) is 4.66. The van der Waals surface area contributed by atoms with Crippen LogP contribution in [0.5, 0.6) is 0 Å². The average molecular weight is 766 g/mol. The van der Waals surface area contributed by atoms with Crippen LogP contribution >= 0.6 is 0 Å². The quantitative estimate of drug-likeness (QED) is 0.139. The number of ketones is 1. The van der Waals surface area contributed by atoms with Crippen molar-refractivity contribution in [2.24, 2.45) is 0 Å². The molecule has 0 saturated carbocycles. The van der Waals surface area contributed by atoms with Gasteiger partial charge in [0.25, 0.3) is 30.4 Å². The Morgan fingerprint density at radius 1 is 0.673 bits per heavy atom. The van der Waals surface area contributed by atoms with E-state index in [2.05, 4.69) is 0 Å². The zero-order valence-corrected chi connectivity index (χ0v) is 30.6. The van der Waals surface area contributed by atoms with E-state index < -0.39 is 41.0 Å². The van der Waals surface area contributed by atoms with Gasteiger partial charge in [-0.3, -0.25) is 23.4 Å². The van der Waals surface area contributed by atoms with Gasteiger partial charge in [-0.1, -0.05) is 36.4 Å². The summed E-state index contributed by atoms with van der Waals surface area (Å²) < 4.78 is 101. The van der Waals surface area contributed by atoms with Crippen LogP contribution in [-0.4, -0.2) is 57.8 Å². The van der Waals surface area contributed by atoms with E-state index in [1.165, 1.54) is 36.4 Å². The number of quaternary nitrogens is 1. The topological polar surface area (TPSA) is 188 Å². The van der Waals surface area contributed by atoms with Crippen LogP contribution in [0.2, 0.25) is 0 Å². The summed E-state index contributed by atoms with van der Waals surface area (Å²) in [6.45, 7) is 5.79. The molecule has 4 aromatic carbocycles. The number of hydrogen-bond acceptors (Lipinski definition) is 8. The van der Waals surface area contributed by atoms with Crippen molar-refractivity contribution in [3.05, 3.63) is 148 Å². The summed E-state index contributed by atoms with van der Waals surface area (Å²) in [5.74, 6) is -0.599. The molecular weight excluding hydrogens is 729 g/mol. The summed E-state index contributed by atoms with van der Waals surface area (Å²) in [6.07, 6.45) is 3.45. The van der Waals surface area contributed by atoms with Crippen LogP contribution < -0.4 is 9.80 Å². The van der Waals surface area contributed by atoms with Gasteiger partial charge < -0.3 is 4.90 Å². The molecule has 0 fully saturated rings. The lowest BCUT2D eigenvalue weighted by atomic mass is 9.90. The smallest absolute Gasteiger partial charge is 0.295 e. The second-order valence-corrected chi connectivity index (χ2v) is 16.3. The standard InChI is InChI=1S/C37H36N2O10S3/c1-3-38(24-26-7-5-9-33(21-26)50(41,42)43)30-15-11-28(12-16-30)37(35-20-19-32(40)23-36(35)52(47,48)49)29-13-17-31(18-14-29)39(4-2)25-27-8-6-10-34(22-27)51(44,45)46/h5-23H,3-4,24-25H2,1-2H3,(H,41,42,43)(H,44,45,46)(H,47,48,49)/p+1. The Balaban J connectivity index is 1.53. The van der Waals surface area contributed by atoms with E-state index in [4.69, 9.17) is 0 Å². The fourth-order valence-electron chi connectivity index (χ4n) is 6.02. The first-order valence-corrected chi connectivity index (χ1v) is 20.4. The summed E-state index contributed by atoms with van der Waals surface area (Å²) in [5.41, 5.74) is 4.64. The van der Waals surface area contributed by atoms with E-state index in [1.807, 2.05) is 43.0 Å². The third-order valence-electron chi connectivity index (χ3n) is 8.60. The zero-order chi connectivity index (χ0) is 37.8. The molecule has 1 unspecified atom stereocenters. The molecule has 0 amide bonds. The molecule has 4 N–H and O–H groups in total. The Labute approximate surface area is 303 Å². The van der Waals surface area contributed by atoms with Crippen molar-refractivity contribution in [3.63, 3.8) is 0 Å². The Morgan fingerprint density at radius 2 is 1.21 bits per heavy atom. The molecule has 5 rings (SSSR count). The maximum Gasteiger partial charge on any atom is 0.295 e. The van der Waals surface area contributed by atoms with Crippen LogP contribution in [-0.2, 0) is 48.2 Å². The minimum absolute atomic E-state index is 0.110. The minimum atomic E-state index is -4.82. The number of nitrogens with one attached hydrogen (secondary N) is 1. The van der Waals surface area contributed by atoms with Crippen molar-refractivity contribution in [2.75, 3.05) is 18.0 Å². The van der Waals surface area contributed by atoms with E-state index >= 15 is 0 Å². The summed E-state index contributed by atoms with van der Waals surface area (Å²) in [5, 5.41) is 0. The normalized spacial score (nSPS) is 15.2. The van der Waals surface area contributed by atoms with Crippen LogP contribution in [0, 0.1) is 0 Å². The SMILES string of the molecule is CCN(Cc1cccc(S(=O)(=O)O)c1)c1ccc(C(=C2C=CC(=O)C=C2S(=O)(=O)O)c2ccc([NH+](CC)Cc3cccc(S(=O)(=O)O)c3)cc2)cc1. The van der Waals surface area contributed by atoms with Gasteiger partial charge in [-0.15, -0.1) is 0 Å². The maximum atomic E-state index is 12.5. The number of allylic oxidation sites excluding steroid dienone is 4. The Morgan fingerprint density at radius 3 is 1.73 bits per heavy atom. The zero-order valence-electron chi connectivity index (χ0n) is 28.2. The van der Waals surface area contributed by atoms with Crippen LogP contribution in [0.15, 0.2) is 136 Å². The van der Waals surface area contributed by atoms with Gasteiger partial charge in [0.15, 0.2) is 5.78 Å². The minimum Gasteiger partial charge on any atom is -0.367 e. The fraction of sp³-hybridized carbons (Fsp3) is 0.162. The highest BCUT2D eigenvalue weighted by molar-refractivity contribution is 7.90. The highest BCUT2D eigenvalue weighted by atomic mass is 32.2. The van der Waals surface area contributed by atoms with Crippen LogP contribution in [0.4, 0.5) is 11.4 Å². The van der Waals surface area contributed by atoms with Crippen molar-refractivity contribution in [1.82, 2.24) is 0 Å². The van der Waals surface area contributed by atoms with Crippen molar-refractivity contribution in [2.45, 2.75) is 36.7 Å². The lowest BCUT2D eigenvalue weighted by molar-refractivity contribution is -0.845. The van der Waals surface area contributed by atoms with Crippen LogP contribution in [0.3, 0.4) is 0 Å². The molecule has 15 heteroatoms. The van der Waals surface area contributed by atoms with E-state index in [-0.39, 0.29) is 15.4 Å². The lowest BCUT2D eigenvalue weighted by Crippen LogP contribution is -3.05. The third kappa shape index (κ3) is 9.18. The predicted molar refractivity (Wildman–Crippen MR) is 197 cm³/mol. The second-order valence-electron chi connectivity index (χ2n) is 12.0. The summed E-state index contributed by atoms with van der Waals surface area (Å²) in [4.78, 5) is 14.2. The Hall–Kier alpha value is -4.74. The number of rotatable bonds is 13. The van der Waals surface area contributed by atoms with E-state index in [0.717, 1.165) is 22.4 Å². The third-order valence-corrected chi connectivity index (χ3v) is 11.2. The van der Waals surface area contributed by atoms with Crippen LogP contribution in [0.25, 0.3) is 5.57 Å². The molecule has 0 heterocycles. The maximum absolute atomic E-state index is 12.5. The largest absolute Gasteiger partial charge is 0.367 e. The number of hydrogen-bond donors (Lipinski definition) is 4. The average Bonchev–Trinajstić information content (AvgIpc) is 3.10. The Bertz CT molecular complexity index is 2290. The van der Waals surface area contributed by atoms with Gasteiger partial charge in [-0.25, -0.2) is 0 Å². The van der Waals surface area contributed by atoms with Gasteiger partial charge in [-0.2, -0.15) is 25.3 Å². The lowest BCUT2D eigenvalue weighted by Gasteiger charge is -2.24. The van der Waals surface area contributed by atoms with Crippen molar-refractivity contribution < 1.29 is 48.6 Å². The van der Waals surface area contributed by atoms with Crippen molar-refractivity contribution in [3.8, 4) is 0 Å². The highest BCUT2D eigenvalue weighted by Crippen LogP contribution is 2.36. The van der Waals surface area contributed by atoms with E-state index in [1.54, 1.807) is 48.5 Å². The first-order chi connectivity index (χ1) is 24.5. The number of benzene rings is 4. The van der Waals surface area contributed by atoms with Gasteiger partial charge >= 0.3 is 0 Å². The number of carbonyl (C=O) groups excluding carboxylic acids is 1. The first kappa shape index (κ1) is 38.5. The Kier molecular flexibility index (Phi) is 11.5. The number of carbonyl (C=O) groups is 1. The summed E-state index contributed by atoms with van der Waals surface area (Å²) >= 11 is 0. The summed E-state index contributed by atoms with van der Waals surface area (Å²) in [6, 6.07) is 26.5. The molecular formula is C37H37N2O10S3+. The molecule has 0 aliphatic heterocycles. The van der Waals surface area contributed by atoms with Gasteiger partial charge in [0.05, 0.1) is 16.3 Å². The molecule has 0 aromatic heterocycles. The van der Waals surface area contributed by atoms with Gasteiger partial charge in [0.2, 0.25) is 0 Å². The molecule has 0 saturated heterocycles. The van der Waals surface area contributed by atoms with Gasteiger partial charge in [0, 0.05) is 36.0 Å². The van der Waals surface area contributed by atoms with Gasteiger partial charge in [0.1, 0.15) is 17.1 Å².